The maximum absolute atomic E-state index is 9.74. The van der Waals surface area contributed by atoms with Crippen LogP contribution in [0.1, 0.15) is 30.9 Å². The third-order valence-electron chi connectivity index (χ3n) is 5.22. The van der Waals surface area contributed by atoms with Gasteiger partial charge in [0.05, 0.1) is 31.3 Å². The number of ether oxygens (including phenoxy) is 2. The first kappa shape index (κ1) is 18.0. The molecule has 3 heterocycles. The molecule has 7 heteroatoms. The number of hydrogen-bond donors (Lipinski definition) is 1. The van der Waals surface area contributed by atoms with E-state index in [0.29, 0.717) is 33.6 Å². The van der Waals surface area contributed by atoms with Crippen molar-refractivity contribution in [2.45, 2.75) is 19.8 Å². The van der Waals surface area contributed by atoms with Gasteiger partial charge >= 0.3 is 0 Å². The van der Waals surface area contributed by atoms with E-state index < -0.39 is 0 Å². The summed E-state index contributed by atoms with van der Waals surface area (Å²) < 4.78 is 22.5. The molecule has 7 nitrogen and oxygen atoms in total. The smallest absolute Gasteiger partial charge is 0.230 e. The minimum atomic E-state index is -0.221. The fraction of sp³-hybridized carbons (Fsp3) is 0.333. The zero-order valence-corrected chi connectivity index (χ0v) is 16.1. The average Bonchev–Trinajstić information content (AvgIpc) is 3.38. The summed E-state index contributed by atoms with van der Waals surface area (Å²) in [6, 6.07) is 3.91. The molecule has 0 spiro atoms. The largest absolute Gasteiger partial charge is 0.495 e. The minimum absolute atomic E-state index is 0.161. The number of methoxy groups -OCH3 is 2. The Morgan fingerprint density at radius 3 is 2.57 bits per heavy atom. The standard InChI is InChI=1S/C21H21N3O4/c1-12(24-7-4-5-8-24)10-14-15(11-22)21(23)28-19-16(14)17(25-2)13-6-9-27-18(13)20(19)26-3/h6,9-10,23H,4-5,7-8H2,1-3H3/b12-10+,23-21?. The van der Waals surface area contributed by atoms with Crippen molar-refractivity contribution in [1.29, 1.82) is 10.7 Å². The molecule has 0 radical (unpaired) electrons. The van der Waals surface area contributed by atoms with Crippen LogP contribution in [0.3, 0.4) is 0 Å². The Hall–Kier alpha value is -3.40. The molecule has 1 aromatic carbocycles. The second-order valence-electron chi connectivity index (χ2n) is 6.75. The molecule has 4 rings (SSSR count). The van der Waals surface area contributed by atoms with E-state index in [1.165, 1.54) is 7.11 Å². The Kier molecular flexibility index (Phi) is 4.47. The van der Waals surface area contributed by atoms with Gasteiger partial charge in [-0.15, -0.1) is 0 Å². The number of nitriles is 1. The Balaban J connectivity index is 2.16. The molecule has 28 heavy (non-hydrogen) atoms. The summed E-state index contributed by atoms with van der Waals surface area (Å²) in [5.74, 6) is 0.905. The van der Waals surface area contributed by atoms with Crippen LogP contribution < -0.4 is 15.0 Å². The van der Waals surface area contributed by atoms with Crippen LogP contribution in [0.25, 0.3) is 28.0 Å². The summed E-state index contributed by atoms with van der Waals surface area (Å²) in [5, 5.41) is 19.3. The van der Waals surface area contributed by atoms with E-state index in [0.717, 1.165) is 37.0 Å². The number of rotatable bonds is 4. The van der Waals surface area contributed by atoms with Gasteiger partial charge in [-0.3, -0.25) is 5.41 Å². The normalized spacial score (nSPS) is 14.6. The number of fused-ring (bicyclic) bond motifs is 2. The number of allylic oxidation sites excluding steroid dienone is 1. The lowest BCUT2D eigenvalue weighted by Crippen LogP contribution is -2.17. The Bertz CT molecular complexity index is 1190. The highest BCUT2D eigenvalue weighted by Gasteiger charge is 2.25. The van der Waals surface area contributed by atoms with Gasteiger partial charge in [0.25, 0.3) is 0 Å². The molecular formula is C21H21N3O4. The maximum atomic E-state index is 9.74. The monoisotopic (exact) mass is 379 g/mol. The number of furan rings is 1. The Labute approximate surface area is 161 Å². The number of nitrogens with zero attached hydrogens (tertiary/aromatic N) is 2. The van der Waals surface area contributed by atoms with Gasteiger partial charge in [0.15, 0.2) is 11.2 Å². The summed E-state index contributed by atoms with van der Waals surface area (Å²) in [4.78, 5) is 2.28. The van der Waals surface area contributed by atoms with Gasteiger partial charge in [-0.25, -0.2) is 0 Å². The average molecular weight is 379 g/mol. The first-order valence-corrected chi connectivity index (χ1v) is 9.10. The summed E-state index contributed by atoms with van der Waals surface area (Å²) in [5.41, 5.74) is 2.37. The number of hydrogen-bond acceptors (Lipinski definition) is 7. The van der Waals surface area contributed by atoms with Gasteiger partial charge < -0.3 is 23.2 Å². The van der Waals surface area contributed by atoms with E-state index in [2.05, 4.69) is 11.0 Å². The van der Waals surface area contributed by atoms with Crippen molar-refractivity contribution in [2.75, 3.05) is 27.3 Å². The van der Waals surface area contributed by atoms with E-state index in [1.807, 2.05) is 13.0 Å². The molecular weight excluding hydrogens is 358 g/mol. The molecule has 0 atom stereocenters. The summed E-state index contributed by atoms with van der Waals surface area (Å²) in [7, 11) is 3.08. The zero-order chi connectivity index (χ0) is 19.8. The van der Waals surface area contributed by atoms with E-state index in [4.69, 9.17) is 23.7 Å². The molecule has 1 N–H and O–H groups in total. The third-order valence-corrected chi connectivity index (χ3v) is 5.22. The van der Waals surface area contributed by atoms with Gasteiger partial charge in [-0.1, -0.05) is 0 Å². The summed E-state index contributed by atoms with van der Waals surface area (Å²) in [6.07, 6.45) is 5.79. The van der Waals surface area contributed by atoms with Crippen LogP contribution in [0.2, 0.25) is 0 Å². The van der Waals surface area contributed by atoms with E-state index in [9.17, 15) is 5.26 Å². The van der Waals surface area contributed by atoms with E-state index >= 15 is 0 Å². The van der Waals surface area contributed by atoms with Crippen LogP contribution in [0.15, 0.2) is 26.9 Å². The SMILES string of the molecule is COc1c2occc2c(OC)c2c(/C=C(\C)N3CCCC3)c(C#N)c(=N)oc12. The lowest BCUT2D eigenvalue weighted by Gasteiger charge is -2.19. The minimum Gasteiger partial charge on any atom is -0.495 e. The van der Waals surface area contributed by atoms with Gasteiger partial charge in [0.2, 0.25) is 11.3 Å². The highest BCUT2D eigenvalue weighted by atomic mass is 16.5. The van der Waals surface area contributed by atoms with E-state index in [-0.39, 0.29) is 11.1 Å². The first-order valence-electron chi connectivity index (χ1n) is 9.10. The summed E-state index contributed by atoms with van der Waals surface area (Å²) in [6.45, 7) is 3.99. The molecule has 0 bridgehead atoms. The van der Waals surface area contributed by atoms with Crippen molar-refractivity contribution in [3.8, 4) is 17.6 Å². The predicted octanol–water partition coefficient (Wildman–Crippen LogP) is 4.00. The second kappa shape index (κ2) is 6.97. The number of likely N-dealkylation sites (tertiary alicyclic amines) is 1. The van der Waals surface area contributed by atoms with Gasteiger partial charge in [0.1, 0.15) is 17.4 Å². The molecule has 0 amide bonds. The van der Waals surface area contributed by atoms with Crippen molar-refractivity contribution in [2.24, 2.45) is 0 Å². The zero-order valence-electron chi connectivity index (χ0n) is 16.1. The fourth-order valence-electron chi connectivity index (χ4n) is 3.88. The molecule has 3 aromatic rings. The third kappa shape index (κ3) is 2.61. The molecule has 0 unspecified atom stereocenters. The Morgan fingerprint density at radius 2 is 1.93 bits per heavy atom. The molecule has 144 valence electrons. The lowest BCUT2D eigenvalue weighted by atomic mass is 10.0. The topological polar surface area (TPSA) is 95.6 Å². The highest BCUT2D eigenvalue weighted by Crippen LogP contribution is 2.45. The van der Waals surface area contributed by atoms with Crippen LogP contribution in [0.5, 0.6) is 11.5 Å². The van der Waals surface area contributed by atoms with Gasteiger partial charge in [-0.2, -0.15) is 5.26 Å². The van der Waals surface area contributed by atoms with Crippen LogP contribution in [0.4, 0.5) is 0 Å². The molecule has 1 saturated heterocycles. The Morgan fingerprint density at radius 1 is 1.21 bits per heavy atom. The van der Waals surface area contributed by atoms with Crippen molar-refractivity contribution >= 4 is 28.0 Å². The van der Waals surface area contributed by atoms with Crippen LogP contribution in [-0.2, 0) is 0 Å². The summed E-state index contributed by atoms with van der Waals surface area (Å²) >= 11 is 0. The van der Waals surface area contributed by atoms with Crippen LogP contribution in [-0.4, -0.2) is 32.2 Å². The maximum Gasteiger partial charge on any atom is 0.230 e. The lowest BCUT2D eigenvalue weighted by molar-refractivity contribution is 0.396. The molecule has 0 saturated carbocycles. The molecule has 1 aliphatic rings. The van der Waals surface area contributed by atoms with Crippen molar-refractivity contribution in [1.82, 2.24) is 4.90 Å². The van der Waals surface area contributed by atoms with E-state index in [1.54, 1.807) is 19.4 Å². The molecule has 0 aliphatic carbocycles. The number of benzene rings is 1. The van der Waals surface area contributed by atoms with Crippen molar-refractivity contribution in [3.05, 3.63) is 34.7 Å². The van der Waals surface area contributed by atoms with Gasteiger partial charge in [0, 0.05) is 24.4 Å². The van der Waals surface area contributed by atoms with Crippen molar-refractivity contribution < 1.29 is 18.3 Å². The number of nitrogens with one attached hydrogen (secondary N) is 1. The quantitative estimate of drug-likeness (QED) is 0.736. The highest BCUT2D eigenvalue weighted by molar-refractivity contribution is 6.10. The predicted molar refractivity (Wildman–Crippen MR) is 104 cm³/mol. The molecule has 1 aliphatic heterocycles. The fourth-order valence-corrected chi connectivity index (χ4v) is 3.88. The van der Waals surface area contributed by atoms with Crippen LogP contribution in [0, 0.1) is 16.7 Å². The molecule has 2 aromatic heterocycles. The second-order valence-corrected chi connectivity index (χ2v) is 6.75. The van der Waals surface area contributed by atoms with Gasteiger partial charge in [-0.05, 0) is 31.9 Å². The van der Waals surface area contributed by atoms with Crippen molar-refractivity contribution in [3.63, 3.8) is 0 Å². The first-order chi connectivity index (χ1) is 13.6. The molecule has 1 fully saturated rings. The van der Waals surface area contributed by atoms with Crippen LogP contribution >= 0.6 is 0 Å².